The first-order valence-electron chi connectivity index (χ1n) is 7.66. The summed E-state index contributed by atoms with van der Waals surface area (Å²) < 4.78 is 28.3. The number of sulfone groups is 1. The Morgan fingerprint density at radius 2 is 2.13 bits per heavy atom. The van der Waals surface area contributed by atoms with Crippen LogP contribution in [-0.2, 0) is 21.2 Å². The van der Waals surface area contributed by atoms with Crippen LogP contribution in [-0.4, -0.2) is 56.1 Å². The molecule has 0 amide bonds. The van der Waals surface area contributed by atoms with Gasteiger partial charge in [-0.3, -0.25) is 4.90 Å². The van der Waals surface area contributed by atoms with Crippen molar-refractivity contribution in [3.63, 3.8) is 0 Å². The Morgan fingerprint density at radius 1 is 1.39 bits per heavy atom. The molecule has 1 heterocycles. The first-order valence-corrected chi connectivity index (χ1v) is 9.72. The van der Waals surface area contributed by atoms with Gasteiger partial charge in [0.05, 0.1) is 5.75 Å². The highest BCUT2D eigenvalue weighted by Gasteiger charge is 2.23. The van der Waals surface area contributed by atoms with Crippen LogP contribution in [0.1, 0.15) is 18.4 Å². The van der Waals surface area contributed by atoms with E-state index in [0.717, 1.165) is 31.5 Å². The van der Waals surface area contributed by atoms with Crippen LogP contribution in [0.4, 0.5) is 0 Å². The maximum atomic E-state index is 11.5. The number of piperidine rings is 1. The Morgan fingerprint density at radius 3 is 2.83 bits per heavy atom. The molecule has 7 heteroatoms. The fourth-order valence-electron chi connectivity index (χ4n) is 3.01. The predicted octanol–water partition coefficient (Wildman–Crippen LogP) is 1.41. The van der Waals surface area contributed by atoms with Crippen LogP contribution < -0.4 is 4.74 Å². The van der Waals surface area contributed by atoms with E-state index in [2.05, 4.69) is 4.90 Å². The number of benzene rings is 1. The predicted molar refractivity (Wildman–Crippen MR) is 87.3 cm³/mol. The maximum Gasteiger partial charge on any atom is 0.341 e. The van der Waals surface area contributed by atoms with E-state index < -0.39 is 15.8 Å². The standard InChI is InChI=1S/C16H23NO5S/c1-23(20,21)12-13-5-4-8-17(9-13)10-14-6-2-3-7-15(14)22-11-16(18)19/h2-3,6-7,13H,4-5,8-12H2,1H3,(H,18,19)/t13-/m0/s1. The van der Waals surface area contributed by atoms with Crippen molar-refractivity contribution < 1.29 is 23.1 Å². The number of nitrogens with zero attached hydrogens (tertiary/aromatic N) is 1. The summed E-state index contributed by atoms with van der Waals surface area (Å²) in [7, 11) is -2.96. The van der Waals surface area contributed by atoms with E-state index in [1.807, 2.05) is 18.2 Å². The Hall–Kier alpha value is -1.60. The first kappa shape index (κ1) is 17.7. The van der Waals surface area contributed by atoms with Crippen LogP contribution in [0.2, 0.25) is 0 Å². The first-order chi connectivity index (χ1) is 10.8. The Balaban J connectivity index is 1.99. The van der Waals surface area contributed by atoms with Crippen molar-refractivity contribution in [2.24, 2.45) is 5.92 Å². The van der Waals surface area contributed by atoms with Gasteiger partial charge >= 0.3 is 5.97 Å². The average molecular weight is 341 g/mol. The lowest BCUT2D eigenvalue weighted by atomic mass is 9.99. The molecular formula is C16H23NO5S. The molecule has 0 aromatic heterocycles. The highest BCUT2D eigenvalue weighted by molar-refractivity contribution is 7.90. The zero-order valence-corrected chi connectivity index (χ0v) is 14.1. The third kappa shape index (κ3) is 6.19. The van der Waals surface area contributed by atoms with Crippen LogP contribution in [0, 0.1) is 5.92 Å². The number of para-hydroxylation sites is 1. The van der Waals surface area contributed by atoms with Crippen molar-refractivity contribution in [1.29, 1.82) is 0 Å². The molecular weight excluding hydrogens is 318 g/mol. The quantitative estimate of drug-likeness (QED) is 0.807. The van der Waals surface area contributed by atoms with E-state index in [1.165, 1.54) is 6.26 Å². The van der Waals surface area contributed by atoms with Crippen LogP contribution in [0.5, 0.6) is 5.75 Å². The van der Waals surface area contributed by atoms with E-state index in [0.29, 0.717) is 12.3 Å². The normalized spacial score (nSPS) is 19.4. The molecule has 1 N–H and O–H groups in total. The Labute approximate surface area is 137 Å². The number of likely N-dealkylation sites (tertiary alicyclic amines) is 1. The van der Waals surface area contributed by atoms with Crippen LogP contribution in [0.3, 0.4) is 0 Å². The van der Waals surface area contributed by atoms with Gasteiger partial charge in [-0.25, -0.2) is 13.2 Å². The average Bonchev–Trinajstić information content (AvgIpc) is 2.45. The fourth-order valence-corrected chi connectivity index (χ4v) is 4.14. The molecule has 23 heavy (non-hydrogen) atoms. The smallest absolute Gasteiger partial charge is 0.341 e. The van der Waals surface area contributed by atoms with Gasteiger partial charge in [0.25, 0.3) is 0 Å². The summed E-state index contributed by atoms with van der Waals surface area (Å²) in [6.07, 6.45) is 3.18. The molecule has 1 aromatic carbocycles. The second kappa shape index (κ2) is 7.79. The molecule has 0 aliphatic carbocycles. The fraction of sp³-hybridized carbons (Fsp3) is 0.562. The number of rotatable bonds is 7. The molecule has 1 aliphatic heterocycles. The van der Waals surface area contributed by atoms with E-state index in [4.69, 9.17) is 9.84 Å². The van der Waals surface area contributed by atoms with Crippen LogP contribution in [0.15, 0.2) is 24.3 Å². The lowest BCUT2D eigenvalue weighted by molar-refractivity contribution is -0.139. The molecule has 1 aliphatic rings. The van der Waals surface area contributed by atoms with Crippen molar-refractivity contribution in [1.82, 2.24) is 4.90 Å². The molecule has 0 radical (unpaired) electrons. The van der Waals surface area contributed by atoms with Crippen molar-refractivity contribution in [2.45, 2.75) is 19.4 Å². The van der Waals surface area contributed by atoms with Gasteiger partial charge < -0.3 is 9.84 Å². The molecule has 1 atom stereocenters. The van der Waals surface area contributed by atoms with E-state index >= 15 is 0 Å². The SMILES string of the molecule is CS(=O)(=O)C[C@H]1CCCN(Cc2ccccc2OCC(=O)O)C1. The summed E-state index contributed by atoms with van der Waals surface area (Å²) in [4.78, 5) is 12.9. The summed E-state index contributed by atoms with van der Waals surface area (Å²) >= 11 is 0. The van der Waals surface area contributed by atoms with Gasteiger partial charge in [-0.15, -0.1) is 0 Å². The van der Waals surface area contributed by atoms with Gasteiger partial charge in [0.15, 0.2) is 6.61 Å². The Kier molecular flexibility index (Phi) is 6.01. The number of hydrogen-bond acceptors (Lipinski definition) is 5. The summed E-state index contributed by atoms with van der Waals surface area (Å²) in [6, 6.07) is 7.37. The number of hydrogen-bond donors (Lipinski definition) is 1. The van der Waals surface area contributed by atoms with Gasteiger partial charge in [0.2, 0.25) is 0 Å². The van der Waals surface area contributed by atoms with E-state index in [-0.39, 0.29) is 18.3 Å². The van der Waals surface area contributed by atoms with Gasteiger partial charge in [0, 0.05) is 24.9 Å². The van der Waals surface area contributed by atoms with Crippen LogP contribution in [0.25, 0.3) is 0 Å². The lowest BCUT2D eigenvalue weighted by Crippen LogP contribution is -2.37. The highest BCUT2D eigenvalue weighted by Crippen LogP contribution is 2.24. The van der Waals surface area contributed by atoms with Gasteiger partial charge in [-0.2, -0.15) is 0 Å². The maximum absolute atomic E-state index is 11.5. The minimum atomic E-state index is -2.96. The molecule has 1 saturated heterocycles. The lowest BCUT2D eigenvalue weighted by Gasteiger charge is -2.32. The molecule has 1 fully saturated rings. The topological polar surface area (TPSA) is 83.9 Å². The summed E-state index contributed by atoms with van der Waals surface area (Å²) in [5.41, 5.74) is 0.925. The molecule has 0 unspecified atom stereocenters. The van der Waals surface area contributed by atoms with Gasteiger partial charge in [0.1, 0.15) is 15.6 Å². The molecule has 6 nitrogen and oxygen atoms in total. The second-order valence-corrected chi connectivity index (χ2v) is 8.31. The van der Waals surface area contributed by atoms with Gasteiger partial charge in [-0.1, -0.05) is 18.2 Å². The molecule has 0 spiro atoms. The minimum absolute atomic E-state index is 0.158. The molecule has 128 valence electrons. The highest BCUT2D eigenvalue weighted by atomic mass is 32.2. The van der Waals surface area contributed by atoms with E-state index in [1.54, 1.807) is 6.07 Å². The summed E-state index contributed by atoms with van der Waals surface area (Å²) in [5, 5.41) is 8.74. The molecule has 2 rings (SSSR count). The van der Waals surface area contributed by atoms with Crippen LogP contribution >= 0.6 is 0 Å². The van der Waals surface area contributed by atoms with Crippen molar-refractivity contribution >= 4 is 15.8 Å². The van der Waals surface area contributed by atoms with E-state index in [9.17, 15) is 13.2 Å². The van der Waals surface area contributed by atoms with Crippen molar-refractivity contribution in [3.8, 4) is 5.75 Å². The summed E-state index contributed by atoms with van der Waals surface area (Å²) in [5.74, 6) is -0.0577. The van der Waals surface area contributed by atoms with Crippen molar-refractivity contribution in [3.05, 3.63) is 29.8 Å². The number of carbonyl (C=O) groups is 1. The molecule has 1 aromatic rings. The third-order valence-electron chi connectivity index (χ3n) is 3.86. The summed E-state index contributed by atoms with van der Waals surface area (Å²) in [6.45, 7) is 1.91. The molecule has 0 saturated carbocycles. The largest absolute Gasteiger partial charge is 0.482 e. The monoisotopic (exact) mass is 341 g/mol. The minimum Gasteiger partial charge on any atom is -0.482 e. The third-order valence-corrected chi connectivity index (χ3v) is 4.94. The number of carboxylic acid groups (broad SMARTS) is 1. The zero-order chi connectivity index (χ0) is 16.9. The van der Waals surface area contributed by atoms with Gasteiger partial charge in [-0.05, 0) is 31.4 Å². The van der Waals surface area contributed by atoms with Crippen molar-refractivity contribution in [2.75, 3.05) is 31.7 Å². The second-order valence-electron chi connectivity index (χ2n) is 6.13. The Bertz CT molecular complexity index is 644. The number of carboxylic acids is 1. The zero-order valence-electron chi connectivity index (χ0n) is 13.3. The number of ether oxygens (including phenoxy) is 1. The molecule has 0 bridgehead atoms. The number of aliphatic carboxylic acids is 1.